The van der Waals surface area contributed by atoms with Gasteiger partial charge in [0.25, 0.3) is 0 Å². The Labute approximate surface area is 147 Å². The number of aryl methyl sites for hydroxylation is 1. The molecule has 0 atom stereocenters. The van der Waals surface area contributed by atoms with Gasteiger partial charge in [0.1, 0.15) is 16.8 Å². The first-order valence-corrected chi connectivity index (χ1v) is 8.11. The number of hydrogen-bond acceptors (Lipinski definition) is 3. The molecule has 7 heteroatoms. The molecule has 2 aromatic heterocycles. The summed E-state index contributed by atoms with van der Waals surface area (Å²) >= 11 is 17.7. The highest BCUT2D eigenvalue weighted by atomic mass is 35.5. The molecule has 1 N–H and O–H groups in total. The van der Waals surface area contributed by atoms with Crippen LogP contribution in [-0.2, 0) is 17.6 Å². The fourth-order valence-electron chi connectivity index (χ4n) is 2.32. The Kier molecular flexibility index (Phi) is 4.85. The van der Waals surface area contributed by atoms with Gasteiger partial charge in [0, 0.05) is 16.5 Å². The number of nitrogens with zero attached hydrogens (tertiary/aromatic N) is 2. The van der Waals surface area contributed by atoms with Gasteiger partial charge < -0.3 is 4.98 Å². The van der Waals surface area contributed by atoms with E-state index in [2.05, 4.69) is 15.0 Å². The van der Waals surface area contributed by atoms with Crippen LogP contribution >= 0.6 is 34.8 Å². The van der Waals surface area contributed by atoms with Crippen LogP contribution < -0.4 is 0 Å². The number of H-pyrrole nitrogens is 1. The summed E-state index contributed by atoms with van der Waals surface area (Å²) in [6, 6.07) is 8.76. The average molecular weight is 369 g/mol. The van der Waals surface area contributed by atoms with E-state index in [0.717, 1.165) is 11.1 Å². The van der Waals surface area contributed by atoms with Crippen molar-refractivity contribution in [2.75, 3.05) is 0 Å². The van der Waals surface area contributed by atoms with Crippen LogP contribution in [-0.4, -0.2) is 20.7 Å². The number of fused-ring (bicyclic) bond motifs is 1. The zero-order valence-electron chi connectivity index (χ0n) is 11.9. The molecule has 0 bridgehead atoms. The summed E-state index contributed by atoms with van der Waals surface area (Å²) in [6.45, 7) is 0. The fraction of sp³-hybridized carbons (Fsp3) is 0.188. The lowest BCUT2D eigenvalue weighted by Gasteiger charge is -2.02. The number of benzene rings is 1. The van der Waals surface area contributed by atoms with Gasteiger partial charge in [-0.25, -0.2) is 9.97 Å². The number of rotatable bonds is 5. The van der Waals surface area contributed by atoms with Crippen molar-refractivity contribution in [3.8, 4) is 0 Å². The predicted molar refractivity (Wildman–Crippen MR) is 92.4 cm³/mol. The van der Waals surface area contributed by atoms with Gasteiger partial charge in [0.2, 0.25) is 0 Å². The van der Waals surface area contributed by atoms with Crippen molar-refractivity contribution in [2.45, 2.75) is 19.3 Å². The van der Waals surface area contributed by atoms with Crippen LogP contribution in [0.3, 0.4) is 0 Å². The van der Waals surface area contributed by atoms with Crippen molar-refractivity contribution in [1.82, 2.24) is 15.0 Å². The maximum absolute atomic E-state index is 12.1. The highest BCUT2D eigenvalue weighted by Gasteiger charge is 2.10. The van der Waals surface area contributed by atoms with Crippen LogP contribution in [0.4, 0.5) is 0 Å². The molecule has 118 valence electrons. The zero-order valence-corrected chi connectivity index (χ0v) is 14.2. The third-order valence-electron chi connectivity index (χ3n) is 3.34. The molecule has 0 spiro atoms. The van der Waals surface area contributed by atoms with E-state index in [1.165, 1.54) is 0 Å². The summed E-state index contributed by atoms with van der Waals surface area (Å²) in [5.74, 6) is 0.662. The number of ketones is 1. The summed E-state index contributed by atoms with van der Waals surface area (Å²) in [5, 5.41) is 1.51. The summed E-state index contributed by atoms with van der Waals surface area (Å²) in [6.07, 6.45) is 1.20. The van der Waals surface area contributed by atoms with Gasteiger partial charge in [-0.2, -0.15) is 0 Å². The van der Waals surface area contributed by atoms with E-state index in [9.17, 15) is 4.79 Å². The summed E-state index contributed by atoms with van der Waals surface area (Å²) in [4.78, 5) is 23.6. The molecular weight excluding hydrogens is 357 g/mol. The number of carbonyl (C=O) groups is 1. The van der Waals surface area contributed by atoms with Gasteiger partial charge in [-0.1, -0.05) is 34.8 Å². The molecule has 0 saturated heterocycles. The number of aromatic nitrogens is 3. The van der Waals surface area contributed by atoms with E-state index in [-0.39, 0.29) is 12.2 Å². The van der Waals surface area contributed by atoms with E-state index in [4.69, 9.17) is 34.8 Å². The number of halogens is 3. The van der Waals surface area contributed by atoms with Crippen LogP contribution in [0, 0.1) is 0 Å². The largest absolute Gasteiger partial charge is 0.340 e. The Balaban J connectivity index is 1.64. The first kappa shape index (κ1) is 16.2. The van der Waals surface area contributed by atoms with Crippen molar-refractivity contribution in [3.05, 3.63) is 56.9 Å². The normalized spacial score (nSPS) is 11.1. The number of carbonyl (C=O) groups excluding carboxylic acids is 1. The van der Waals surface area contributed by atoms with Gasteiger partial charge >= 0.3 is 0 Å². The second-order valence-corrected chi connectivity index (χ2v) is 6.44. The molecule has 0 unspecified atom stereocenters. The second kappa shape index (κ2) is 6.87. The van der Waals surface area contributed by atoms with E-state index in [0.29, 0.717) is 39.5 Å². The van der Waals surface area contributed by atoms with Crippen molar-refractivity contribution >= 4 is 51.7 Å². The van der Waals surface area contributed by atoms with E-state index in [1.807, 2.05) is 12.1 Å². The van der Waals surface area contributed by atoms with Crippen molar-refractivity contribution in [3.63, 3.8) is 0 Å². The number of nitrogens with one attached hydrogen (secondary N) is 1. The Morgan fingerprint density at radius 1 is 1.04 bits per heavy atom. The smallest absolute Gasteiger partial charge is 0.179 e. The Morgan fingerprint density at radius 2 is 1.78 bits per heavy atom. The highest BCUT2D eigenvalue weighted by molar-refractivity contribution is 6.34. The van der Waals surface area contributed by atoms with Crippen molar-refractivity contribution < 1.29 is 4.79 Å². The lowest BCUT2D eigenvalue weighted by atomic mass is 10.1. The number of imidazole rings is 1. The number of pyridine rings is 1. The lowest BCUT2D eigenvalue weighted by molar-refractivity contribution is -0.118. The van der Waals surface area contributed by atoms with E-state index >= 15 is 0 Å². The molecule has 0 aliphatic heterocycles. The van der Waals surface area contributed by atoms with E-state index in [1.54, 1.807) is 18.2 Å². The molecule has 4 nitrogen and oxygen atoms in total. The summed E-state index contributed by atoms with van der Waals surface area (Å²) < 4.78 is 0. The van der Waals surface area contributed by atoms with Crippen LogP contribution in [0.1, 0.15) is 17.8 Å². The highest BCUT2D eigenvalue weighted by Crippen LogP contribution is 2.20. The predicted octanol–water partition coefficient (Wildman–Crippen LogP) is 4.66. The standard InChI is InChI=1S/C16H12Cl3N3O/c17-10-5-9(6-11(18)7-10)1-2-12(23)8-15-20-13-3-4-14(19)21-16(13)22-15/h3-7H,1-2,8H2,(H,20,21,22). The molecular formula is C16H12Cl3N3O. The Bertz CT molecular complexity index is 856. The molecule has 0 fully saturated rings. The van der Waals surface area contributed by atoms with Crippen LogP contribution in [0.5, 0.6) is 0 Å². The Morgan fingerprint density at radius 3 is 2.52 bits per heavy atom. The average Bonchev–Trinajstić information content (AvgIpc) is 2.85. The van der Waals surface area contributed by atoms with Crippen molar-refractivity contribution in [1.29, 1.82) is 0 Å². The van der Waals surface area contributed by atoms with Gasteiger partial charge in [-0.15, -0.1) is 0 Å². The molecule has 2 heterocycles. The minimum Gasteiger partial charge on any atom is -0.340 e. The topological polar surface area (TPSA) is 58.6 Å². The first-order chi connectivity index (χ1) is 11.0. The molecule has 1 aromatic carbocycles. The minimum absolute atomic E-state index is 0.0752. The molecule has 23 heavy (non-hydrogen) atoms. The van der Waals surface area contributed by atoms with Gasteiger partial charge in [0.05, 0.1) is 11.9 Å². The van der Waals surface area contributed by atoms with Crippen LogP contribution in [0.25, 0.3) is 11.2 Å². The SMILES string of the molecule is O=C(CCc1cc(Cl)cc(Cl)c1)Cc1nc2nc(Cl)ccc2[nH]1. The maximum Gasteiger partial charge on any atom is 0.179 e. The first-order valence-electron chi connectivity index (χ1n) is 6.97. The quantitative estimate of drug-likeness (QED) is 0.666. The minimum atomic E-state index is 0.0752. The van der Waals surface area contributed by atoms with Gasteiger partial charge in [-0.3, -0.25) is 4.79 Å². The summed E-state index contributed by atoms with van der Waals surface area (Å²) in [5.41, 5.74) is 2.22. The number of hydrogen-bond donors (Lipinski definition) is 1. The van der Waals surface area contributed by atoms with Gasteiger partial charge in [-0.05, 0) is 42.3 Å². The molecule has 0 amide bonds. The zero-order chi connectivity index (χ0) is 16.4. The second-order valence-electron chi connectivity index (χ2n) is 5.18. The van der Waals surface area contributed by atoms with Gasteiger partial charge in [0.15, 0.2) is 5.65 Å². The van der Waals surface area contributed by atoms with Crippen LogP contribution in [0.15, 0.2) is 30.3 Å². The van der Waals surface area contributed by atoms with Crippen molar-refractivity contribution in [2.24, 2.45) is 0 Å². The molecule has 0 radical (unpaired) electrons. The molecule has 0 aliphatic carbocycles. The summed E-state index contributed by atoms with van der Waals surface area (Å²) in [7, 11) is 0. The molecule has 3 rings (SSSR count). The molecule has 0 saturated carbocycles. The number of Topliss-reactive ketones (excluding diaryl/α,β-unsaturated/α-hetero) is 1. The molecule has 3 aromatic rings. The lowest BCUT2D eigenvalue weighted by Crippen LogP contribution is -2.05. The van der Waals surface area contributed by atoms with E-state index < -0.39 is 0 Å². The maximum atomic E-state index is 12.1. The number of aromatic amines is 1. The monoisotopic (exact) mass is 367 g/mol. The third kappa shape index (κ3) is 4.22. The molecule has 0 aliphatic rings. The Hall–Kier alpha value is -1.62. The third-order valence-corrected chi connectivity index (χ3v) is 3.99. The van der Waals surface area contributed by atoms with Crippen LogP contribution in [0.2, 0.25) is 15.2 Å². The fourth-order valence-corrected chi connectivity index (χ4v) is 3.03.